The molecule has 5 nitrogen and oxygen atoms in total. The number of benzene rings is 2. The third-order valence-electron chi connectivity index (χ3n) is 3.88. The molecule has 3 rings (SSSR count). The predicted molar refractivity (Wildman–Crippen MR) is 88.2 cm³/mol. The zero-order valence-electron chi connectivity index (χ0n) is 13.1. The molecular formula is C18H17FN2O3. The van der Waals surface area contributed by atoms with Crippen LogP contribution in [-0.2, 0) is 20.9 Å². The van der Waals surface area contributed by atoms with Gasteiger partial charge in [-0.15, -0.1) is 0 Å². The van der Waals surface area contributed by atoms with E-state index >= 15 is 0 Å². The first kappa shape index (κ1) is 16.1. The third kappa shape index (κ3) is 3.44. The smallest absolute Gasteiger partial charge is 0.232 e. The normalized spacial score (nSPS) is 16.2. The Morgan fingerprint density at radius 1 is 1.33 bits per heavy atom. The number of fused-ring (bicyclic) bond motifs is 1. The minimum Gasteiger partial charge on any atom is -0.380 e. The van der Waals surface area contributed by atoms with Crippen LogP contribution in [0.1, 0.15) is 23.5 Å². The van der Waals surface area contributed by atoms with E-state index < -0.39 is 11.7 Å². The molecule has 0 saturated heterocycles. The molecule has 0 bridgehead atoms. The number of halogens is 1. The molecule has 1 unspecified atom stereocenters. The number of carbonyl (C=O) groups is 2. The fourth-order valence-electron chi connectivity index (χ4n) is 2.81. The van der Waals surface area contributed by atoms with E-state index in [9.17, 15) is 14.0 Å². The van der Waals surface area contributed by atoms with Gasteiger partial charge in [-0.2, -0.15) is 0 Å². The predicted octanol–water partition coefficient (Wildman–Crippen LogP) is 3.04. The van der Waals surface area contributed by atoms with E-state index in [2.05, 4.69) is 10.6 Å². The topological polar surface area (TPSA) is 67.4 Å². The van der Waals surface area contributed by atoms with Gasteiger partial charge in [0.2, 0.25) is 11.8 Å². The molecule has 0 spiro atoms. The van der Waals surface area contributed by atoms with Gasteiger partial charge in [-0.05, 0) is 35.4 Å². The van der Waals surface area contributed by atoms with Gasteiger partial charge in [-0.3, -0.25) is 9.59 Å². The number of rotatable bonds is 4. The van der Waals surface area contributed by atoms with Crippen LogP contribution in [0.2, 0.25) is 0 Å². The van der Waals surface area contributed by atoms with Crippen LogP contribution in [0.25, 0.3) is 0 Å². The largest absolute Gasteiger partial charge is 0.380 e. The Bertz CT molecular complexity index is 792. The van der Waals surface area contributed by atoms with Gasteiger partial charge < -0.3 is 15.4 Å². The quantitative estimate of drug-likeness (QED) is 0.906. The summed E-state index contributed by atoms with van der Waals surface area (Å²) < 4.78 is 18.4. The van der Waals surface area contributed by atoms with E-state index in [0.717, 1.165) is 5.56 Å². The minimum absolute atomic E-state index is 0.0300. The molecular weight excluding hydrogens is 311 g/mol. The second-order valence-electron chi connectivity index (χ2n) is 5.66. The van der Waals surface area contributed by atoms with E-state index in [1.54, 1.807) is 13.2 Å². The molecule has 0 aromatic heterocycles. The molecule has 1 atom stereocenters. The molecule has 6 heteroatoms. The molecule has 0 fully saturated rings. The van der Waals surface area contributed by atoms with Crippen molar-refractivity contribution in [1.29, 1.82) is 0 Å². The first-order valence-corrected chi connectivity index (χ1v) is 7.55. The van der Waals surface area contributed by atoms with Gasteiger partial charge in [0.25, 0.3) is 0 Å². The second-order valence-corrected chi connectivity index (χ2v) is 5.66. The second kappa shape index (κ2) is 6.80. The Balaban J connectivity index is 1.83. The van der Waals surface area contributed by atoms with E-state index in [-0.39, 0.29) is 18.2 Å². The summed E-state index contributed by atoms with van der Waals surface area (Å²) in [6, 6.07) is 11.4. The van der Waals surface area contributed by atoms with Crippen LogP contribution in [0.3, 0.4) is 0 Å². The summed E-state index contributed by atoms with van der Waals surface area (Å²) in [7, 11) is 1.60. The van der Waals surface area contributed by atoms with Crippen LogP contribution in [-0.4, -0.2) is 18.9 Å². The first-order chi connectivity index (χ1) is 11.6. The number of nitrogens with one attached hydrogen (secondary N) is 2. The highest BCUT2D eigenvalue weighted by atomic mass is 19.1. The summed E-state index contributed by atoms with van der Waals surface area (Å²) in [4.78, 5) is 24.4. The maximum absolute atomic E-state index is 13.3. The fraction of sp³-hybridized carbons (Fsp3) is 0.222. The maximum atomic E-state index is 13.3. The van der Waals surface area contributed by atoms with Crippen molar-refractivity contribution < 1.29 is 18.7 Å². The highest BCUT2D eigenvalue weighted by molar-refractivity contribution is 6.05. The summed E-state index contributed by atoms with van der Waals surface area (Å²) in [5.41, 5.74) is 2.52. The Labute approximate surface area is 138 Å². The molecule has 24 heavy (non-hydrogen) atoms. The molecule has 2 aromatic carbocycles. The molecule has 124 valence electrons. The van der Waals surface area contributed by atoms with Crippen molar-refractivity contribution in [2.24, 2.45) is 0 Å². The van der Waals surface area contributed by atoms with Gasteiger partial charge >= 0.3 is 0 Å². The van der Waals surface area contributed by atoms with Gasteiger partial charge in [-0.25, -0.2) is 4.39 Å². The number of amides is 2. The molecule has 2 N–H and O–H groups in total. The molecule has 0 saturated carbocycles. The van der Waals surface area contributed by atoms with E-state index in [1.165, 1.54) is 18.2 Å². The molecule has 1 heterocycles. The molecule has 0 radical (unpaired) electrons. The van der Waals surface area contributed by atoms with Crippen LogP contribution in [0, 0.1) is 5.82 Å². The van der Waals surface area contributed by atoms with Gasteiger partial charge in [0.05, 0.1) is 12.5 Å². The van der Waals surface area contributed by atoms with Gasteiger partial charge in [-0.1, -0.05) is 18.2 Å². The Kier molecular flexibility index (Phi) is 4.57. The van der Waals surface area contributed by atoms with Gasteiger partial charge in [0.1, 0.15) is 5.82 Å². The van der Waals surface area contributed by atoms with Crippen molar-refractivity contribution in [1.82, 2.24) is 0 Å². The average Bonchev–Trinajstić information content (AvgIpc) is 2.54. The average molecular weight is 328 g/mol. The standard InChI is InChI=1S/C18H17FN2O3/c1-24-10-11-3-2-4-13(7-11)20-18(23)15-9-17(22)21-16-8-12(19)5-6-14(15)16/h2-8,15H,9-10H2,1H3,(H,20,23)(H,21,22). The summed E-state index contributed by atoms with van der Waals surface area (Å²) in [5.74, 6) is -1.71. The van der Waals surface area contributed by atoms with E-state index in [0.29, 0.717) is 23.5 Å². The lowest BCUT2D eigenvalue weighted by molar-refractivity contribution is -0.123. The molecule has 1 aliphatic heterocycles. The summed E-state index contributed by atoms with van der Waals surface area (Å²) in [6.07, 6.45) is 0.0300. The van der Waals surface area contributed by atoms with Gasteiger partial charge in [0, 0.05) is 24.9 Å². The van der Waals surface area contributed by atoms with Gasteiger partial charge in [0.15, 0.2) is 0 Å². The number of hydrogen-bond acceptors (Lipinski definition) is 3. The van der Waals surface area contributed by atoms with Crippen molar-refractivity contribution in [2.45, 2.75) is 18.9 Å². The number of hydrogen-bond donors (Lipinski definition) is 2. The number of carbonyl (C=O) groups excluding carboxylic acids is 2. The minimum atomic E-state index is -0.652. The van der Waals surface area contributed by atoms with Crippen LogP contribution >= 0.6 is 0 Å². The zero-order chi connectivity index (χ0) is 17.1. The molecule has 1 aliphatic rings. The van der Waals surface area contributed by atoms with Crippen LogP contribution in [0.4, 0.5) is 15.8 Å². The number of anilines is 2. The van der Waals surface area contributed by atoms with Crippen LogP contribution in [0.15, 0.2) is 42.5 Å². The summed E-state index contributed by atoms with van der Waals surface area (Å²) in [6.45, 7) is 0.442. The van der Waals surface area contributed by atoms with Crippen molar-refractivity contribution in [2.75, 3.05) is 17.7 Å². The zero-order valence-corrected chi connectivity index (χ0v) is 13.1. The van der Waals surface area contributed by atoms with Crippen molar-refractivity contribution in [3.8, 4) is 0 Å². The van der Waals surface area contributed by atoms with Crippen molar-refractivity contribution >= 4 is 23.2 Å². The van der Waals surface area contributed by atoms with E-state index in [4.69, 9.17) is 4.74 Å². The third-order valence-corrected chi connectivity index (χ3v) is 3.88. The summed E-state index contributed by atoms with van der Waals surface area (Å²) in [5, 5.41) is 5.42. The highest BCUT2D eigenvalue weighted by Gasteiger charge is 2.31. The summed E-state index contributed by atoms with van der Waals surface area (Å²) >= 11 is 0. The Morgan fingerprint density at radius 2 is 2.17 bits per heavy atom. The van der Waals surface area contributed by atoms with E-state index in [1.807, 2.05) is 18.2 Å². The maximum Gasteiger partial charge on any atom is 0.232 e. The highest BCUT2D eigenvalue weighted by Crippen LogP contribution is 2.33. The number of ether oxygens (including phenoxy) is 1. The molecule has 0 aliphatic carbocycles. The lowest BCUT2D eigenvalue weighted by Crippen LogP contribution is -2.30. The molecule has 2 aromatic rings. The Morgan fingerprint density at radius 3 is 2.96 bits per heavy atom. The fourth-order valence-corrected chi connectivity index (χ4v) is 2.81. The van der Waals surface area contributed by atoms with Crippen LogP contribution < -0.4 is 10.6 Å². The van der Waals surface area contributed by atoms with Crippen molar-refractivity contribution in [3.63, 3.8) is 0 Å². The number of methoxy groups -OCH3 is 1. The molecule has 2 amide bonds. The first-order valence-electron chi connectivity index (χ1n) is 7.55. The Hall–Kier alpha value is -2.73. The van der Waals surface area contributed by atoms with Crippen molar-refractivity contribution in [3.05, 3.63) is 59.4 Å². The monoisotopic (exact) mass is 328 g/mol. The van der Waals surface area contributed by atoms with Crippen LogP contribution in [0.5, 0.6) is 0 Å². The lowest BCUT2D eigenvalue weighted by Gasteiger charge is -2.25. The SMILES string of the molecule is COCc1cccc(NC(=O)C2CC(=O)Nc3cc(F)ccc32)c1. The lowest BCUT2D eigenvalue weighted by atomic mass is 9.89.